The Bertz CT molecular complexity index is 1320. The highest BCUT2D eigenvalue weighted by Gasteiger charge is 2.16. The van der Waals surface area contributed by atoms with Crippen molar-refractivity contribution < 1.29 is 28.6 Å². The maximum Gasteiger partial charge on any atom is 0.338 e. The Morgan fingerprint density at radius 3 is 1.44 bits per heavy atom. The predicted octanol–water partition coefficient (Wildman–Crippen LogP) is 13.4. The van der Waals surface area contributed by atoms with Crippen molar-refractivity contribution in [1.29, 1.82) is 0 Å². The van der Waals surface area contributed by atoms with Crippen LogP contribution in [0.4, 0.5) is 0 Å². The van der Waals surface area contributed by atoms with Crippen molar-refractivity contribution in [2.24, 2.45) is 0 Å². The number of benzene rings is 1. The summed E-state index contributed by atoms with van der Waals surface area (Å²) in [5, 5.41) is 0. The first-order valence-electron chi connectivity index (χ1n) is 22.4. The first-order valence-corrected chi connectivity index (χ1v) is 22.4. The van der Waals surface area contributed by atoms with Gasteiger partial charge in [0.2, 0.25) is 0 Å². The van der Waals surface area contributed by atoms with E-state index in [1.54, 1.807) is 12.1 Å². The molecular formula is C50H79NO6. The third-order valence-corrected chi connectivity index (χ3v) is 9.54. The number of carbonyl (C=O) groups is 3. The lowest BCUT2D eigenvalue weighted by Crippen LogP contribution is -2.18. The fraction of sp³-hybridized carbons (Fsp3) is 0.620. The molecule has 1 rings (SSSR count). The molecule has 0 aliphatic carbocycles. The lowest BCUT2D eigenvalue weighted by Gasteiger charge is -2.12. The number of unbranched alkanes of at least 4 members (excludes halogenated alkanes) is 16. The number of nitrogens with zero attached hydrogens (tertiary/aromatic N) is 1. The molecule has 0 aliphatic heterocycles. The zero-order chi connectivity index (χ0) is 41.4. The van der Waals surface area contributed by atoms with Gasteiger partial charge in [0.25, 0.3) is 0 Å². The number of allylic oxidation sites excluding steroid dienone is 10. The molecule has 0 aliphatic rings. The molecule has 0 atom stereocenters. The van der Waals surface area contributed by atoms with Gasteiger partial charge in [0.15, 0.2) is 0 Å². The van der Waals surface area contributed by atoms with Crippen LogP contribution in [0.1, 0.15) is 188 Å². The highest BCUT2D eigenvalue weighted by molar-refractivity contribution is 5.95. The Morgan fingerprint density at radius 1 is 0.526 bits per heavy atom. The molecule has 0 fully saturated rings. The van der Waals surface area contributed by atoms with Crippen LogP contribution in [0.5, 0.6) is 0 Å². The lowest BCUT2D eigenvalue weighted by atomic mass is 10.1. The van der Waals surface area contributed by atoms with Crippen LogP contribution in [-0.4, -0.2) is 56.7 Å². The Kier molecular flexibility index (Phi) is 34.1. The zero-order valence-corrected chi connectivity index (χ0v) is 36.5. The van der Waals surface area contributed by atoms with Gasteiger partial charge in [0.05, 0.1) is 30.8 Å². The second kappa shape index (κ2) is 37.8. The standard InChI is InChI=1S/C50H79NO6/c1-5-7-9-11-13-15-17-19-21-23-25-27-29-31-33-35-39-55-49(53)46-41-45(44-57-48(52)37-38-51(3)4)42-47(43-46)50(54)56-40-36-34-32-30-28-26-24-22-20-18-16-14-12-10-8-6-2/h5,7,13-16,19-22,41-43H,6,8-12,17-18,23-40,44H2,1-4H3/b7-5+,15-13-,16-14-,21-19-,22-20-. The zero-order valence-electron chi connectivity index (χ0n) is 36.5. The molecule has 0 aromatic heterocycles. The number of rotatable bonds is 36. The summed E-state index contributed by atoms with van der Waals surface area (Å²) in [4.78, 5) is 40.3. The summed E-state index contributed by atoms with van der Waals surface area (Å²) in [5.41, 5.74) is 1.07. The van der Waals surface area contributed by atoms with Crippen LogP contribution in [-0.2, 0) is 25.6 Å². The molecule has 0 saturated heterocycles. The number of hydrogen-bond donors (Lipinski definition) is 0. The van der Waals surface area contributed by atoms with E-state index in [0.29, 0.717) is 25.3 Å². The van der Waals surface area contributed by atoms with E-state index < -0.39 is 11.9 Å². The number of esters is 3. The largest absolute Gasteiger partial charge is 0.462 e. The van der Waals surface area contributed by atoms with Crippen molar-refractivity contribution >= 4 is 17.9 Å². The summed E-state index contributed by atoms with van der Waals surface area (Å²) in [5.74, 6) is -1.32. The molecule has 7 heteroatoms. The smallest absolute Gasteiger partial charge is 0.338 e. The summed E-state index contributed by atoms with van der Waals surface area (Å²) in [6.45, 7) is 5.47. The van der Waals surface area contributed by atoms with Crippen LogP contribution in [0, 0.1) is 0 Å². The highest BCUT2D eigenvalue weighted by Crippen LogP contribution is 2.17. The van der Waals surface area contributed by atoms with E-state index in [0.717, 1.165) is 77.0 Å². The van der Waals surface area contributed by atoms with E-state index in [4.69, 9.17) is 14.2 Å². The van der Waals surface area contributed by atoms with Crippen molar-refractivity contribution in [3.05, 3.63) is 95.6 Å². The van der Waals surface area contributed by atoms with Crippen LogP contribution in [0.2, 0.25) is 0 Å². The highest BCUT2D eigenvalue weighted by atomic mass is 16.5. The first kappa shape index (κ1) is 51.3. The maximum absolute atomic E-state index is 13.1. The van der Waals surface area contributed by atoms with Gasteiger partial charge in [-0.05, 0) is 122 Å². The third kappa shape index (κ3) is 32.0. The fourth-order valence-electron chi connectivity index (χ4n) is 6.09. The van der Waals surface area contributed by atoms with E-state index >= 15 is 0 Å². The van der Waals surface area contributed by atoms with Gasteiger partial charge >= 0.3 is 17.9 Å². The molecule has 1 aromatic carbocycles. The monoisotopic (exact) mass is 790 g/mol. The molecule has 0 heterocycles. The molecule has 57 heavy (non-hydrogen) atoms. The quantitative estimate of drug-likeness (QED) is 0.0290. The van der Waals surface area contributed by atoms with Crippen molar-refractivity contribution in [1.82, 2.24) is 4.90 Å². The van der Waals surface area contributed by atoms with Gasteiger partial charge in [-0.15, -0.1) is 0 Å². The minimum absolute atomic E-state index is 0.0381. The molecule has 1 aromatic rings. The number of carbonyl (C=O) groups excluding carboxylic acids is 3. The summed E-state index contributed by atoms with van der Waals surface area (Å²) in [6.07, 6.45) is 47.2. The maximum atomic E-state index is 13.1. The van der Waals surface area contributed by atoms with Crippen LogP contribution >= 0.6 is 0 Å². The summed E-state index contributed by atoms with van der Waals surface area (Å²) in [6, 6.07) is 4.80. The molecular weight excluding hydrogens is 711 g/mol. The van der Waals surface area contributed by atoms with Crippen molar-refractivity contribution in [2.75, 3.05) is 33.9 Å². The predicted molar refractivity (Wildman–Crippen MR) is 239 cm³/mol. The van der Waals surface area contributed by atoms with Gasteiger partial charge in [-0.25, -0.2) is 9.59 Å². The summed E-state index contributed by atoms with van der Waals surface area (Å²) >= 11 is 0. The molecule has 0 N–H and O–H groups in total. The summed E-state index contributed by atoms with van der Waals surface area (Å²) in [7, 11) is 3.79. The second-order valence-electron chi connectivity index (χ2n) is 15.2. The van der Waals surface area contributed by atoms with E-state index in [2.05, 4.69) is 74.6 Å². The minimum atomic E-state index is -0.491. The van der Waals surface area contributed by atoms with Gasteiger partial charge in [-0.2, -0.15) is 0 Å². The average molecular weight is 790 g/mol. The van der Waals surface area contributed by atoms with Gasteiger partial charge in [-0.1, -0.05) is 132 Å². The third-order valence-electron chi connectivity index (χ3n) is 9.54. The van der Waals surface area contributed by atoms with Crippen molar-refractivity contribution in [3.8, 4) is 0 Å². The molecule has 0 unspecified atom stereocenters. The number of ether oxygens (including phenoxy) is 3. The first-order chi connectivity index (χ1) is 27.9. The van der Waals surface area contributed by atoms with Gasteiger partial charge in [0, 0.05) is 6.54 Å². The Hall–Kier alpha value is -3.71. The normalized spacial score (nSPS) is 12.0. The van der Waals surface area contributed by atoms with Crippen LogP contribution in [0.3, 0.4) is 0 Å². The molecule has 0 amide bonds. The van der Waals surface area contributed by atoms with Gasteiger partial charge in [0.1, 0.15) is 6.61 Å². The molecule has 0 spiro atoms. The Balaban J connectivity index is 2.42. The lowest BCUT2D eigenvalue weighted by molar-refractivity contribution is -0.145. The van der Waals surface area contributed by atoms with E-state index in [9.17, 15) is 14.4 Å². The SMILES string of the molecule is C/C=C/CC/C=C\C/C=C\CCCCCCCCOC(=O)c1cc(COC(=O)CCN(C)C)cc(C(=O)OCCCCCCCC/C=C\C/C=C\CCCCC)c1. The molecule has 0 radical (unpaired) electrons. The van der Waals surface area contributed by atoms with Gasteiger partial charge < -0.3 is 19.1 Å². The van der Waals surface area contributed by atoms with Crippen molar-refractivity contribution in [3.63, 3.8) is 0 Å². The Morgan fingerprint density at radius 2 is 0.965 bits per heavy atom. The van der Waals surface area contributed by atoms with Crippen LogP contribution in [0.15, 0.2) is 79.0 Å². The molecule has 320 valence electrons. The van der Waals surface area contributed by atoms with E-state index in [1.807, 2.05) is 19.0 Å². The van der Waals surface area contributed by atoms with Crippen LogP contribution in [0.25, 0.3) is 0 Å². The molecule has 0 saturated carbocycles. The fourth-order valence-corrected chi connectivity index (χ4v) is 6.09. The molecule has 0 bridgehead atoms. The van der Waals surface area contributed by atoms with Crippen molar-refractivity contribution in [2.45, 2.75) is 168 Å². The average Bonchev–Trinajstić information content (AvgIpc) is 3.21. The Labute approximate surface area is 348 Å². The summed E-state index contributed by atoms with van der Waals surface area (Å²) < 4.78 is 16.7. The van der Waals surface area contributed by atoms with Gasteiger partial charge in [-0.3, -0.25) is 4.79 Å². The second-order valence-corrected chi connectivity index (χ2v) is 15.2. The minimum Gasteiger partial charge on any atom is -0.462 e. The van der Waals surface area contributed by atoms with E-state index in [-0.39, 0.29) is 30.1 Å². The number of hydrogen-bond acceptors (Lipinski definition) is 7. The van der Waals surface area contributed by atoms with Crippen LogP contribution < -0.4 is 0 Å². The van der Waals surface area contributed by atoms with E-state index in [1.165, 1.54) is 70.3 Å². The molecule has 7 nitrogen and oxygen atoms in total. The topological polar surface area (TPSA) is 82.1 Å².